The minimum atomic E-state index is -4.55. The third-order valence-electron chi connectivity index (χ3n) is 3.85. The van der Waals surface area contributed by atoms with Gasteiger partial charge in [0, 0.05) is 29.6 Å². The van der Waals surface area contributed by atoms with Crippen molar-refractivity contribution < 1.29 is 22.6 Å². The number of methoxy groups -OCH3 is 1. The molecule has 0 N–H and O–H groups in total. The molecule has 0 spiro atoms. The van der Waals surface area contributed by atoms with E-state index in [2.05, 4.69) is 25.3 Å². The Hall–Kier alpha value is -3.47. The molecular weight excluding hydrogens is 413 g/mol. The van der Waals surface area contributed by atoms with Crippen molar-refractivity contribution >= 4 is 17.2 Å². The molecule has 12 heteroatoms. The molecule has 0 aliphatic heterocycles. The largest absolute Gasteiger partial charge is 0.467 e. The molecule has 0 bridgehead atoms. The van der Waals surface area contributed by atoms with Gasteiger partial charge in [0.1, 0.15) is 5.75 Å². The zero-order valence-corrected chi connectivity index (χ0v) is 15.3. The maximum atomic E-state index is 13.2. The Bertz CT molecular complexity index is 1180. The van der Waals surface area contributed by atoms with Gasteiger partial charge < -0.3 is 9.47 Å². The fourth-order valence-corrected chi connectivity index (χ4v) is 2.66. The van der Waals surface area contributed by atoms with Crippen LogP contribution in [-0.2, 0) is 6.18 Å². The van der Waals surface area contributed by atoms with E-state index in [4.69, 9.17) is 21.1 Å². The SMILES string of the molecule is COc1ncc(-c2ccc(C(F)(F)F)cc2Oc2ccc3nnc(Cl)n3n2)cn1. The van der Waals surface area contributed by atoms with Crippen LogP contribution in [0.4, 0.5) is 13.2 Å². The van der Waals surface area contributed by atoms with Crippen molar-refractivity contribution in [2.24, 2.45) is 0 Å². The van der Waals surface area contributed by atoms with Crippen molar-refractivity contribution in [3.63, 3.8) is 0 Å². The normalized spacial score (nSPS) is 11.6. The van der Waals surface area contributed by atoms with Crippen molar-refractivity contribution in [1.29, 1.82) is 0 Å². The summed E-state index contributed by atoms with van der Waals surface area (Å²) < 4.78 is 51.4. The quantitative estimate of drug-likeness (QED) is 0.490. The molecule has 0 amide bonds. The predicted molar refractivity (Wildman–Crippen MR) is 94.9 cm³/mol. The van der Waals surface area contributed by atoms with Gasteiger partial charge in [-0.1, -0.05) is 0 Å². The number of alkyl halides is 3. The smallest absolute Gasteiger partial charge is 0.416 e. The number of ether oxygens (including phenoxy) is 2. The maximum absolute atomic E-state index is 13.2. The van der Waals surface area contributed by atoms with Crippen LogP contribution in [0.2, 0.25) is 5.28 Å². The molecule has 0 unspecified atom stereocenters. The van der Waals surface area contributed by atoms with Gasteiger partial charge in [0.15, 0.2) is 5.65 Å². The fourth-order valence-electron chi connectivity index (χ4n) is 2.50. The Morgan fingerprint density at radius 3 is 2.48 bits per heavy atom. The van der Waals surface area contributed by atoms with Crippen LogP contribution in [-0.4, -0.2) is 36.9 Å². The number of nitrogens with zero attached hydrogens (tertiary/aromatic N) is 6. The molecule has 0 fully saturated rings. The lowest BCUT2D eigenvalue weighted by Gasteiger charge is -2.14. The molecule has 0 aliphatic carbocycles. The molecular formula is C17H10ClF3N6O2. The first-order valence-electron chi connectivity index (χ1n) is 7.98. The van der Waals surface area contributed by atoms with Gasteiger partial charge in [0.05, 0.1) is 12.7 Å². The topological polar surface area (TPSA) is 87.3 Å². The number of rotatable bonds is 4. The third-order valence-corrected chi connectivity index (χ3v) is 4.08. The van der Waals surface area contributed by atoms with Crippen LogP contribution >= 0.6 is 11.6 Å². The van der Waals surface area contributed by atoms with Gasteiger partial charge in [-0.25, -0.2) is 9.97 Å². The zero-order valence-electron chi connectivity index (χ0n) is 14.6. The van der Waals surface area contributed by atoms with Gasteiger partial charge in [0.2, 0.25) is 11.2 Å². The van der Waals surface area contributed by atoms with Crippen LogP contribution < -0.4 is 9.47 Å². The van der Waals surface area contributed by atoms with E-state index in [0.717, 1.165) is 12.1 Å². The van der Waals surface area contributed by atoms with Crippen molar-refractivity contribution in [3.8, 4) is 28.8 Å². The van der Waals surface area contributed by atoms with Gasteiger partial charge >= 0.3 is 12.2 Å². The average Bonchev–Trinajstić information content (AvgIpc) is 3.08. The Morgan fingerprint density at radius 1 is 1.03 bits per heavy atom. The highest BCUT2D eigenvalue weighted by atomic mass is 35.5. The standard InChI is InChI=1S/C17H10ClF3N6O2/c1-28-16-22-7-9(8-23-16)11-3-2-10(17(19,20)21)6-12(11)29-14-5-4-13-24-25-15(18)27(13)26-14/h2-8H,1H3. The van der Waals surface area contributed by atoms with Gasteiger partial charge in [0.25, 0.3) is 0 Å². The number of aromatic nitrogens is 6. The molecule has 0 aliphatic rings. The molecule has 8 nitrogen and oxygen atoms in total. The molecule has 1 aromatic carbocycles. The van der Waals surface area contributed by atoms with Crippen LogP contribution in [0.5, 0.6) is 17.6 Å². The van der Waals surface area contributed by atoms with Gasteiger partial charge in [-0.3, -0.25) is 0 Å². The van der Waals surface area contributed by atoms with E-state index in [0.29, 0.717) is 16.8 Å². The van der Waals surface area contributed by atoms with Crippen LogP contribution in [0.15, 0.2) is 42.7 Å². The van der Waals surface area contributed by atoms with E-state index in [1.54, 1.807) is 0 Å². The molecule has 29 heavy (non-hydrogen) atoms. The first kappa shape index (κ1) is 18.9. The van der Waals surface area contributed by atoms with E-state index < -0.39 is 11.7 Å². The molecule has 4 aromatic rings. The summed E-state index contributed by atoms with van der Waals surface area (Å²) in [7, 11) is 1.40. The third kappa shape index (κ3) is 3.76. The Balaban J connectivity index is 1.79. The number of fused-ring (bicyclic) bond motifs is 1. The van der Waals surface area contributed by atoms with Gasteiger partial charge in [-0.05, 0) is 35.9 Å². The summed E-state index contributed by atoms with van der Waals surface area (Å²) in [6.07, 6.45) is -1.73. The lowest BCUT2D eigenvalue weighted by Crippen LogP contribution is -2.06. The molecule has 0 atom stereocenters. The highest BCUT2D eigenvalue weighted by molar-refractivity contribution is 6.28. The molecule has 0 saturated heterocycles. The highest BCUT2D eigenvalue weighted by Gasteiger charge is 2.31. The summed E-state index contributed by atoms with van der Waals surface area (Å²) in [5, 5.41) is 11.5. The number of hydrogen-bond donors (Lipinski definition) is 0. The minimum Gasteiger partial charge on any atom is -0.467 e. The zero-order chi connectivity index (χ0) is 20.6. The van der Waals surface area contributed by atoms with E-state index in [9.17, 15) is 13.2 Å². The summed E-state index contributed by atoms with van der Waals surface area (Å²) in [6, 6.07) is 6.17. The second kappa shape index (κ2) is 7.17. The summed E-state index contributed by atoms with van der Waals surface area (Å²) in [6.45, 7) is 0. The minimum absolute atomic E-state index is 0.00537. The van der Waals surface area contributed by atoms with Crippen molar-refractivity contribution in [2.75, 3.05) is 7.11 Å². The average molecular weight is 423 g/mol. The second-order valence-corrected chi connectivity index (χ2v) is 6.02. The Labute approximate surface area is 165 Å². The van der Waals surface area contributed by atoms with Gasteiger partial charge in [-0.15, -0.1) is 15.3 Å². The second-order valence-electron chi connectivity index (χ2n) is 5.68. The first-order valence-corrected chi connectivity index (χ1v) is 8.36. The lowest BCUT2D eigenvalue weighted by atomic mass is 10.0. The maximum Gasteiger partial charge on any atom is 0.416 e. The Morgan fingerprint density at radius 2 is 1.79 bits per heavy atom. The summed E-state index contributed by atoms with van der Waals surface area (Å²) in [5.74, 6) is -0.0983. The lowest BCUT2D eigenvalue weighted by molar-refractivity contribution is -0.137. The van der Waals surface area contributed by atoms with Crippen LogP contribution in [0.1, 0.15) is 5.56 Å². The van der Waals surface area contributed by atoms with E-state index in [-0.39, 0.29) is 22.9 Å². The van der Waals surface area contributed by atoms with Crippen LogP contribution in [0.3, 0.4) is 0 Å². The van der Waals surface area contributed by atoms with Crippen molar-refractivity contribution in [2.45, 2.75) is 6.18 Å². The van der Waals surface area contributed by atoms with E-state index in [1.807, 2.05) is 0 Å². The van der Waals surface area contributed by atoms with Crippen LogP contribution in [0.25, 0.3) is 16.8 Å². The molecule has 3 aromatic heterocycles. The summed E-state index contributed by atoms with van der Waals surface area (Å²) in [5.41, 5.74) is 0.236. The van der Waals surface area contributed by atoms with Crippen molar-refractivity contribution in [3.05, 3.63) is 53.6 Å². The number of hydrogen-bond acceptors (Lipinski definition) is 7. The molecule has 3 heterocycles. The molecule has 0 radical (unpaired) electrons. The van der Waals surface area contributed by atoms with Crippen molar-refractivity contribution in [1.82, 2.24) is 29.8 Å². The van der Waals surface area contributed by atoms with Crippen LogP contribution in [0, 0.1) is 0 Å². The monoisotopic (exact) mass is 422 g/mol. The highest BCUT2D eigenvalue weighted by Crippen LogP contribution is 2.38. The molecule has 0 saturated carbocycles. The first-order chi connectivity index (χ1) is 13.8. The molecule has 4 rings (SSSR count). The number of halogens is 4. The Kier molecular flexibility index (Phi) is 4.66. The van der Waals surface area contributed by atoms with E-state index >= 15 is 0 Å². The number of benzene rings is 1. The summed E-state index contributed by atoms with van der Waals surface area (Å²) in [4.78, 5) is 7.95. The predicted octanol–water partition coefficient (Wildman–Crippen LogP) is 4.05. The van der Waals surface area contributed by atoms with E-state index in [1.165, 1.54) is 42.2 Å². The van der Waals surface area contributed by atoms with Gasteiger partial charge in [-0.2, -0.15) is 17.7 Å². The molecule has 148 valence electrons. The fraction of sp³-hybridized carbons (Fsp3) is 0.118. The summed E-state index contributed by atoms with van der Waals surface area (Å²) >= 11 is 5.88.